The molecule has 0 aliphatic heterocycles. The van der Waals surface area contributed by atoms with E-state index in [1.165, 1.54) is 25.3 Å². The molecule has 0 aliphatic carbocycles. The van der Waals surface area contributed by atoms with Crippen LogP contribution in [-0.4, -0.2) is 65.6 Å². The van der Waals surface area contributed by atoms with Gasteiger partial charge < -0.3 is 9.72 Å². The van der Waals surface area contributed by atoms with E-state index in [2.05, 4.69) is 14.7 Å². The van der Waals surface area contributed by atoms with Crippen LogP contribution in [0.5, 0.6) is 0 Å². The number of aromatic amines is 1. The molecule has 0 saturated carbocycles. The number of hydrogen-bond donors (Lipinski definition) is 2. The number of methoxy groups -OCH3 is 1. The zero-order valence-corrected chi connectivity index (χ0v) is 15.8. The van der Waals surface area contributed by atoms with Gasteiger partial charge in [0.05, 0.1) is 23.7 Å². The van der Waals surface area contributed by atoms with Gasteiger partial charge in [-0.2, -0.15) is 8.42 Å². The first-order chi connectivity index (χ1) is 10.9. The number of ether oxygens (including phenoxy) is 1. The molecule has 0 bridgehead atoms. The Morgan fingerprint density at radius 2 is 1.92 bits per heavy atom. The summed E-state index contributed by atoms with van der Waals surface area (Å²) in [5.41, 5.74) is 1.69. The van der Waals surface area contributed by atoms with E-state index in [1.54, 1.807) is 24.3 Å². The first kappa shape index (κ1) is 18.6. The monoisotopic (exact) mass is 355 g/mol. The van der Waals surface area contributed by atoms with Gasteiger partial charge in [-0.15, -0.1) is 0 Å². The molecule has 119 valence electrons. The van der Waals surface area contributed by atoms with Crippen molar-refractivity contribution in [2.45, 2.75) is 4.90 Å². The molecule has 24 heavy (non-hydrogen) atoms. The Kier molecular flexibility index (Phi) is 5.46. The van der Waals surface area contributed by atoms with Crippen molar-refractivity contribution in [1.29, 1.82) is 0 Å². The van der Waals surface area contributed by atoms with Crippen LogP contribution in [0.3, 0.4) is 0 Å². The summed E-state index contributed by atoms with van der Waals surface area (Å²) < 4.78 is 36.9. The summed E-state index contributed by atoms with van der Waals surface area (Å²) in [5, 5.41) is 0. The van der Waals surface area contributed by atoms with E-state index >= 15 is 0 Å². The van der Waals surface area contributed by atoms with Gasteiger partial charge in [0.25, 0.3) is 10.1 Å². The molecule has 1 aromatic heterocycles. The molecule has 0 aliphatic rings. The minimum atomic E-state index is -4.38. The molecule has 0 saturated heterocycles. The number of carbonyl (C=O) groups excluding carboxylic acids is 1. The van der Waals surface area contributed by atoms with E-state index < -0.39 is 16.1 Å². The van der Waals surface area contributed by atoms with Crippen LogP contribution >= 0.6 is 0 Å². The molecule has 3 aromatic rings. The van der Waals surface area contributed by atoms with Gasteiger partial charge in [0.15, 0.2) is 0 Å². The zero-order chi connectivity index (χ0) is 16.6. The average molecular weight is 355 g/mol. The van der Waals surface area contributed by atoms with Gasteiger partial charge in [-0.25, -0.2) is 9.78 Å². The molecule has 2 aromatic carbocycles. The zero-order valence-electron chi connectivity index (χ0n) is 13.0. The van der Waals surface area contributed by atoms with Gasteiger partial charge in [0, 0.05) is 35.1 Å². The fourth-order valence-corrected chi connectivity index (χ4v) is 2.96. The van der Waals surface area contributed by atoms with E-state index in [-0.39, 0.29) is 45.8 Å². The Morgan fingerprint density at radius 1 is 1.21 bits per heavy atom. The van der Waals surface area contributed by atoms with E-state index in [4.69, 9.17) is 0 Å². The first-order valence-corrected chi connectivity index (χ1v) is 7.99. The second-order valence-electron chi connectivity index (χ2n) is 4.78. The minimum Gasteiger partial charge on any atom is -0.465 e. The molecule has 1 radical (unpaired) electrons. The second-order valence-corrected chi connectivity index (χ2v) is 6.17. The largest absolute Gasteiger partial charge is 0.465 e. The smallest absolute Gasteiger partial charge is 0.337 e. The van der Waals surface area contributed by atoms with Crippen LogP contribution in [-0.2, 0) is 14.9 Å². The molecule has 0 amide bonds. The Balaban J connectivity index is 0.00000208. The van der Waals surface area contributed by atoms with Crippen molar-refractivity contribution in [1.82, 2.24) is 9.97 Å². The fourth-order valence-electron chi connectivity index (χ4n) is 2.27. The molecule has 2 N–H and O–H groups in total. The van der Waals surface area contributed by atoms with Gasteiger partial charge in [0.1, 0.15) is 10.7 Å². The summed E-state index contributed by atoms with van der Waals surface area (Å²) >= 11 is 0. The van der Waals surface area contributed by atoms with Crippen LogP contribution in [0.15, 0.2) is 47.4 Å². The summed E-state index contributed by atoms with van der Waals surface area (Å²) in [7, 11) is -3.09. The minimum absolute atomic E-state index is 0. The van der Waals surface area contributed by atoms with Crippen LogP contribution in [0.25, 0.3) is 22.4 Å². The third kappa shape index (κ3) is 3.52. The van der Waals surface area contributed by atoms with Crippen LogP contribution in [0.4, 0.5) is 0 Å². The summed E-state index contributed by atoms with van der Waals surface area (Å²) in [4.78, 5) is 18.6. The van der Waals surface area contributed by atoms with Gasteiger partial charge >= 0.3 is 5.97 Å². The Morgan fingerprint density at radius 3 is 2.58 bits per heavy atom. The van der Waals surface area contributed by atoms with E-state index in [0.29, 0.717) is 16.6 Å². The SMILES string of the molecule is COC(=O)c1ccc2nc(-c3ccccc3S(=O)(=O)O)[nH]c2c1.[Na]. The van der Waals surface area contributed by atoms with E-state index in [1.807, 2.05) is 0 Å². The maximum Gasteiger partial charge on any atom is 0.337 e. The molecule has 7 nitrogen and oxygen atoms in total. The first-order valence-electron chi connectivity index (χ1n) is 6.55. The fraction of sp³-hybridized carbons (Fsp3) is 0.0667. The molecular formula is C15H12N2NaO5S. The molecule has 9 heteroatoms. The van der Waals surface area contributed by atoms with Gasteiger partial charge in [0.2, 0.25) is 0 Å². The van der Waals surface area contributed by atoms with Crippen LogP contribution in [0.2, 0.25) is 0 Å². The number of hydrogen-bond acceptors (Lipinski definition) is 5. The predicted molar refractivity (Wildman–Crippen MR) is 88.4 cm³/mol. The van der Waals surface area contributed by atoms with Crippen LogP contribution in [0.1, 0.15) is 10.4 Å². The predicted octanol–water partition coefficient (Wildman–Crippen LogP) is 1.88. The average Bonchev–Trinajstić information content (AvgIpc) is 2.96. The van der Waals surface area contributed by atoms with E-state index in [0.717, 1.165) is 0 Å². The van der Waals surface area contributed by atoms with Gasteiger partial charge in [-0.3, -0.25) is 4.55 Å². The van der Waals surface area contributed by atoms with Gasteiger partial charge in [-0.05, 0) is 30.3 Å². The maximum absolute atomic E-state index is 11.6. The number of esters is 1. The summed E-state index contributed by atoms with van der Waals surface area (Å²) in [6, 6.07) is 10.7. The second kappa shape index (κ2) is 7.04. The Labute approximate surface area is 160 Å². The number of imidazole rings is 1. The van der Waals surface area contributed by atoms with Crippen molar-refractivity contribution in [3.63, 3.8) is 0 Å². The van der Waals surface area contributed by atoms with Crippen molar-refractivity contribution in [2.24, 2.45) is 0 Å². The van der Waals surface area contributed by atoms with Crippen molar-refractivity contribution in [3.05, 3.63) is 48.0 Å². The number of benzene rings is 2. The number of H-pyrrole nitrogens is 1. The number of nitrogens with one attached hydrogen (secondary N) is 1. The Hall–Kier alpha value is -1.71. The number of aromatic nitrogens is 2. The summed E-state index contributed by atoms with van der Waals surface area (Å²) in [6.07, 6.45) is 0. The topological polar surface area (TPSA) is 109 Å². The molecule has 1 heterocycles. The van der Waals surface area contributed by atoms with Crippen LogP contribution in [0, 0.1) is 0 Å². The molecule has 0 unspecified atom stereocenters. The van der Waals surface area contributed by atoms with Crippen molar-refractivity contribution < 1.29 is 22.5 Å². The van der Waals surface area contributed by atoms with Crippen molar-refractivity contribution >= 4 is 56.7 Å². The Bertz CT molecular complexity index is 1010. The van der Waals surface area contributed by atoms with Gasteiger partial charge in [-0.1, -0.05) is 12.1 Å². The van der Waals surface area contributed by atoms with Crippen LogP contribution < -0.4 is 0 Å². The number of rotatable bonds is 3. The summed E-state index contributed by atoms with van der Waals surface area (Å²) in [5.74, 6) is -0.211. The molecule has 0 spiro atoms. The van der Waals surface area contributed by atoms with E-state index in [9.17, 15) is 17.8 Å². The van der Waals surface area contributed by atoms with Crippen molar-refractivity contribution in [2.75, 3.05) is 7.11 Å². The number of fused-ring (bicyclic) bond motifs is 1. The molecular weight excluding hydrogens is 343 g/mol. The standard InChI is InChI=1S/C15H12N2O5S.Na/c1-22-15(18)9-6-7-11-12(8-9)17-14(16-11)10-4-2-3-5-13(10)23(19,20)21;/h2-8H,1H3,(H,16,17)(H,19,20,21);. The number of carbonyl (C=O) groups is 1. The quantitative estimate of drug-likeness (QED) is 0.422. The molecule has 3 rings (SSSR count). The normalized spacial score (nSPS) is 11.1. The third-order valence-electron chi connectivity index (χ3n) is 3.32. The molecule has 0 atom stereocenters. The summed E-state index contributed by atoms with van der Waals surface area (Å²) in [6.45, 7) is 0. The molecule has 0 fully saturated rings. The third-order valence-corrected chi connectivity index (χ3v) is 4.23. The maximum atomic E-state index is 11.6. The number of nitrogens with zero attached hydrogens (tertiary/aromatic N) is 1. The van der Waals surface area contributed by atoms with Crippen molar-refractivity contribution in [3.8, 4) is 11.4 Å².